The molecular formula is C20H22. The maximum atomic E-state index is 2.40. The van der Waals surface area contributed by atoms with Gasteiger partial charge in [0.05, 0.1) is 0 Å². The first kappa shape index (κ1) is 13.2. The lowest BCUT2D eigenvalue weighted by Crippen LogP contribution is -2.16. The van der Waals surface area contributed by atoms with Crippen molar-refractivity contribution in [3.63, 3.8) is 0 Å². The number of rotatable bonds is 3. The largest absolute Gasteiger partial charge is 0.0654 e. The summed E-state index contributed by atoms with van der Waals surface area (Å²) in [5.74, 6) is 0. The highest BCUT2D eigenvalue weighted by molar-refractivity contribution is 6.07. The van der Waals surface area contributed by atoms with Crippen LogP contribution >= 0.6 is 0 Å². The van der Waals surface area contributed by atoms with Crippen LogP contribution in [0.1, 0.15) is 39.2 Å². The monoisotopic (exact) mass is 262 g/mol. The molecule has 0 saturated carbocycles. The van der Waals surface area contributed by atoms with Crippen molar-refractivity contribution in [2.75, 3.05) is 0 Å². The van der Waals surface area contributed by atoms with Gasteiger partial charge < -0.3 is 0 Å². The van der Waals surface area contributed by atoms with Crippen LogP contribution < -0.4 is 0 Å². The number of hydrogen-bond acceptors (Lipinski definition) is 0. The van der Waals surface area contributed by atoms with Crippen LogP contribution in [0.2, 0.25) is 0 Å². The van der Waals surface area contributed by atoms with Crippen LogP contribution in [0.5, 0.6) is 0 Å². The normalized spacial score (nSPS) is 12.2. The summed E-state index contributed by atoms with van der Waals surface area (Å²) in [4.78, 5) is 0. The molecule has 0 fully saturated rings. The van der Waals surface area contributed by atoms with Crippen molar-refractivity contribution in [1.82, 2.24) is 0 Å². The SMILES string of the molecule is CCCC(C)(C)c1ccc2ccc3ccccc3c2c1. The molecule has 0 nitrogen and oxygen atoms in total. The molecule has 20 heavy (non-hydrogen) atoms. The predicted octanol–water partition coefficient (Wildman–Crippen LogP) is 6.07. The van der Waals surface area contributed by atoms with Gasteiger partial charge in [-0.3, -0.25) is 0 Å². The predicted molar refractivity (Wildman–Crippen MR) is 89.4 cm³/mol. The molecule has 3 rings (SSSR count). The van der Waals surface area contributed by atoms with Gasteiger partial charge in [0.1, 0.15) is 0 Å². The fourth-order valence-electron chi connectivity index (χ4n) is 3.19. The first-order valence-corrected chi connectivity index (χ1v) is 7.54. The summed E-state index contributed by atoms with van der Waals surface area (Å²) in [5, 5.41) is 5.40. The maximum Gasteiger partial charge on any atom is -0.0102 e. The van der Waals surface area contributed by atoms with Gasteiger partial charge in [-0.05, 0) is 45.0 Å². The van der Waals surface area contributed by atoms with E-state index in [-0.39, 0.29) is 5.41 Å². The second-order valence-corrected chi connectivity index (χ2v) is 6.36. The Hall–Kier alpha value is -1.82. The molecule has 0 radical (unpaired) electrons. The zero-order valence-electron chi connectivity index (χ0n) is 12.6. The summed E-state index contributed by atoms with van der Waals surface area (Å²) >= 11 is 0. The van der Waals surface area contributed by atoms with E-state index in [1.165, 1.54) is 39.9 Å². The van der Waals surface area contributed by atoms with Gasteiger partial charge in [0.2, 0.25) is 0 Å². The van der Waals surface area contributed by atoms with E-state index in [1.54, 1.807) is 0 Å². The van der Waals surface area contributed by atoms with Crippen molar-refractivity contribution < 1.29 is 0 Å². The molecule has 0 amide bonds. The molecule has 0 aliphatic heterocycles. The van der Waals surface area contributed by atoms with E-state index < -0.39 is 0 Å². The first-order chi connectivity index (χ1) is 9.62. The lowest BCUT2D eigenvalue weighted by atomic mass is 9.80. The second kappa shape index (κ2) is 4.94. The Morgan fingerprint density at radius 1 is 0.800 bits per heavy atom. The van der Waals surface area contributed by atoms with Gasteiger partial charge >= 0.3 is 0 Å². The summed E-state index contributed by atoms with van der Waals surface area (Å²) in [5.41, 5.74) is 1.70. The molecule has 0 heteroatoms. The zero-order valence-corrected chi connectivity index (χ0v) is 12.6. The minimum atomic E-state index is 0.250. The number of benzene rings is 3. The van der Waals surface area contributed by atoms with Crippen LogP contribution in [-0.2, 0) is 5.41 Å². The Bertz CT molecular complexity index is 750. The molecule has 0 heterocycles. The summed E-state index contributed by atoms with van der Waals surface area (Å²) in [6, 6.07) is 20.1. The van der Waals surface area contributed by atoms with Crippen LogP contribution in [-0.4, -0.2) is 0 Å². The molecule has 0 aliphatic rings. The Kier molecular flexibility index (Phi) is 3.25. The van der Waals surface area contributed by atoms with E-state index in [0.717, 1.165) is 0 Å². The highest BCUT2D eigenvalue weighted by atomic mass is 14.2. The summed E-state index contributed by atoms with van der Waals surface area (Å²) in [7, 11) is 0. The Balaban J connectivity index is 2.26. The van der Waals surface area contributed by atoms with Crippen LogP contribution in [0.4, 0.5) is 0 Å². The Morgan fingerprint density at radius 2 is 1.45 bits per heavy atom. The Labute approximate surface area is 121 Å². The van der Waals surface area contributed by atoms with E-state index in [2.05, 4.69) is 75.4 Å². The minimum Gasteiger partial charge on any atom is -0.0654 e. The third kappa shape index (κ3) is 2.20. The first-order valence-electron chi connectivity index (χ1n) is 7.54. The lowest BCUT2D eigenvalue weighted by Gasteiger charge is -2.25. The Morgan fingerprint density at radius 3 is 2.20 bits per heavy atom. The van der Waals surface area contributed by atoms with Crippen molar-refractivity contribution in [3.05, 3.63) is 60.2 Å². The fraction of sp³-hybridized carbons (Fsp3) is 0.300. The molecule has 0 aliphatic carbocycles. The van der Waals surface area contributed by atoms with E-state index in [1.807, 2.05) is 0 Å². The smallest absolute Gasteiger partial charge is 0.0102 e. The average molecular weight is 262 g/mol. The molecule has 0 bridgehead atoms. The standard InChI is InChI=1S/C20H22/c1-4-13-20(2,3)17-12-11-16-10-9-15-7-5-6-8-18(15)19(16)14-17/h5-12,14H,4,13H2,1-3H3. The quantitative estimate of drug-likeness (QED) is 0.502. The van der Waals surface area contributed by atoms with Crippen LogP contribution in [0.3, 0.4) is 0 Å². The topological polar surface area (TPSA) is 0 Å². The van der Waals surface area contributed by atoms with Crippen LogP contribution in [0.25, 0.3) is 21.5 Å². The van der Waals surface area contributed by atoms with Gasteiger partial charge in [0.25, 0.3) is 0 Å². The molecule has 3 aromatic rings. The van der Waals surface area contributed by atoms with Crippen LogP contribution in [0, 0.1) is 0 Å². The zero-order chi connectivity index (χ0) is 14.2. The fourth-order valence-corrected chi connectivity index (χ4v) is 3.19. The number of hydrogen-bond donors (Lipinski definition) is 0. The molecule has 3 aromatic carbocycles. The van der Waals surface area contributed by atoms with Crippen molar-refractivity contribution in [1.29, 1.82) is 0 Å². The van der Waals surface area contributed by atoms with Crippen molar-refractivity contribution >= 4 is 21.5 Å². The van der Waals surface area contributed by atoms with Crippen LogP contribution in [0.15, 0.2) is 54.6 Å². The van der Waals surface area contributed by atoms with E-state index in [9.17, 15) is 0 Å². The molecule has 0 aromatic heterocycles. The van der Waals surface area contributed by atoms with Gasteiger partial charge in [-0.2, -0.15) is 0 Å². The summed E-state index contributed by atoms with van der Waals surface area (Å²) in [6.07, 6.45) is 2.45. The van der Waals surface area contributed by atoms with Crippen molar-refractivity contribution in [2.24, 2.45) is 0 Å². The number of fused-ring (bicyclic) bond motifs is 3. The maximum absolute atomic E-state index is 2.40. The van der Waals surface area contributed by atoms with Crippen molar-refractivity contribution in [3.8, 4) is 0 Å². The molecule has 0 N–H and O–H groups in total. The van der Waals surface area contributed by atoms with Crippen molar-refractivity contribution in [2.45, 2.75) is 39.0 Å². The molecular weight excluding hydrogens is 240 g/mol. The minimum absolute atomic E-state index is 0.250. The lowest BCUT2D eigenvalue weighted by molar-refractivity contribution is 0.473. The third-order valence-electron chi connectivity index (χ3n) is 4.40. The van der Waals surface area contributed by atoms with Gasteiger partial charge in [-0.15, -0.1) is 0 Å². The van der Waals surface area contributed by atoms with Gasteiger partial charge in [0.15, 0.2) is 0 Å². The van der Waals surface area contributed by atoms with E-state index in [0.29, 0.717) is 0 Å². The van der Waals surface area contributed by atoms with Gasteiger partial charge in [-0.25, -0.2) is 0 Å². The summed E-state index contributed by atoms with van der Waals surface area (Å²) < 4.78 is 0. The molecule has 0 unspecified atom stereocenters. The van der Waals surface area contributed by atoms with Gasteiger partial charge in [0, 0.05) is 0 Å². The molecule has 0 saturated heterocycles. The third-order valence-corrected chi connectivity index (χ3v) is 4.40. The molecule has 102 valence electrons. The second-order valence-electron chi connectivity index (χ2n) is 6.36. The van der Waals surface area contributed by atoms with E-state index in [4.69, 9.17) is 0 Å². The summed E-state index contributed by atoms with van der Waals surface area (Å²) in [6.45, 7) is 6.96. The van der Waals surface area contributed by atoms with E-state index >= 15 is 0 Å². The molecule has 0 spiro atoms. The average Bonchev–Trinajstić information content (AvgIpc) is 2.46. The van der Waals surface area contributed by atoms with Gasteiger partial charge in [-0.1, -0.05) is 75.7 Å². The highest BCUT2D eigenvalue weighted by Gasteiger charge is 2.19. The molecule has 0 atom stereocenters. The highest BCUT2D eigenvalue weighted by Crippen LogP contribution is 2.33.